The summed E-state index contributed by atoms with van der Waals surface area (Å²) in [6.45, 7) is 2.06. The fraction of sp³-hybridized carbons (Fsp3) is 0.316. The standard InChI is InChI=1S/C19H21N5O2/c1-23-11-8-15(9-12-23)24-18(7-10-20-24)21-19(25)16-13-17(26-22-16)14-5-3-2-4-6-14/h2-7,10,13,15H,8-9,11-12H2,1H3,(H,21,25). The van der Waals surface area contributed by atoms with Crippen LogP contribution in [0.5, 0.6) is 0 Å². The number of anilines is 1. The molecule has 1 N–H and O–H groups in total. The summed E-state index contributed by atoms with van der Waals surface area (Å²) in [6, 6.07) is 13.4. The predicted molar refractivity (Wildman–Crippen MR) is 97.9 cm³/mol. The first kappa shape index (κ1) is 16.5. The third-order valence-corrected chi connectivity index (χ3v) is 4.75. The molecule has 0 bridgehead atoms. The predicted octanol–water partition coefficient (Wildman–Crippen LogP) is 3.06. The van der Waals surface area contributed by atoms with Gasteiger partial charge < -0.3 is 14.7 Å². The summed E-state index contributed by atoms with van der Waals surface area (Å²) in [5.74, 6) is 0.957. The van der Waals surface area contributed by atoms with Crippen molar-refractivity contribution < 1.29 is 9.32 Å². The zero-order valence-corrected chi connectivity index (χ0v) is 14.6. The molecule has 2 aromatic heterocycles. The minimum absolute atomic E-state index is 0.250. The highest BCUT2D eigenvalue weighted by molar-refractivity contribution is 6.02. The Labute approximate surface area is 151 Å². The van der Waals surface area contributed by atoms with Crippen molar-refractivity contribution in [1.29, 1.82) is 0 Å². The van der Waals surface area contributed by atoms with Crippen LogP contribution in [0.3, 0.4) is 0 Å². The molecule has 0 radical (unpaired) electrons. The van der Waals surface area contributed by atoms with Gasteiger partial charge in [0.15, 0.2) is 11.5 Å². The maximum absolute atomic E-state index is 12.6. The first-order valence-corrected chi connectivity index (χ1v) is 8.76. The normalized spacial score (nSPS) is 15.9. The van der Waals surface area contributed by atoms with E-state index in [9.17, 15) is 4.79 Å². The van der Waals surface area contributed by atoms with Gasteiger partial charge in [0.25, 0.3) is 5.91 Å². The maximum atomic E-state index is 12.6. The van der Waals surface area contributed by atoms with Crippen molar-refractivity contribution in [1.82, 2.24) is 19.8 Å². The van der Waals surface area contributed by atoms with Crippen molar-refractivity contribution in [2.75, 3.05) is 25.5 Å². The molecule has 134 valence electrons. The molecule has 26 heavy (non-hydrogen) atoms. The van der Waals surface area contributed by atoms with E-state index in [1.54, 1.807) is 12.3 Å². The van der Waals surface area contributed by atoms with Gasteiger partial charge in [-0.15, -0.1) is 0 Å². The maximum Gasteiger partial charge on any atom is 0.279 e. The highest BCUT2D eigenvalue weighted by Crippen LogP contribution is 2.25. The van der Waals surface area contributed by atoms with Crippen molar-refractivity contribution in [2.45, 2.75) is 18.9 Å². The minimum Gasteiger partial charge on any atom is -0.355 e. The summed E-state index contributed by atoms with van der Waals surface area (Å²) in [5, 5.41) is 11.2. The van der Waals surface area contributed by atoms with Crippen LogP contribution in [0.1, 0.15) is 29.4 Å². The Kier molecular flexibility index (Phi) is 4.53. The van der Waals surface area contributed by atoms with Crippen molar-refractivity contribution >= 4 is 11.7 Å². The Bertz CT molecular complexity index is 878. The van der Waals surface area contributed by atoms with Gasteiger partial charge in [0, 0.05) is 17.7 Å². The number of nitrogens with zero attached hydrogens (tertiary/aromatic N) is 4. The number of benzene rings is 1. The molecule has 1 aromatic carbocycles. The molecular formula is C19H21N5O2. The van der Waals surface area contributed by atoms with Crippen LogP contribution in [0, 0.1) is 0 Å². The van der Waals surface area contributed by atoms with Crippen LogP contribution in [-0.2, 0) is 0 Å². The molecule has 7 nitrogen and oxygen atoms in total. The number of hydrogen-bond donors (Lipinski definition) is 1. The number of piperidine rings is 1. The zero-order chi connectivity index (χ0) is 17.9. The molecular weight excluding hydrogens is 330 g/mol. The van der Waals surface area contributed by atoms with Crippen molar-refractivity contribution in [3.63, 3.8) is 0 Å². The van der Waals surface area contributed by atoms with E-state index in [0.29, 0.717) is 17.6 Å². The fourth-order valence-corrected chi connectivity index (χ4v) is 3.24. The van der Waals surface area contributed by atoms with E-state index in [1.165, 1.54) is 0 Å². The van der Waals surface area contributed by atoms with Crippen LogP contribution >= 0.6 is 0 Å². The van der Waals surface area contributed by atoms with Gasteiger partial charge in [-0.25, -0.2) is 4.68 Å². The summed E-state index contributed by atoms with van der Waals surface area (Å²) in [6.07, 6.45) is 3.75. The number of aromatic nitrogens is 3. The van der Waals surface area contributed by atoms with Gasteiger partial charge >= 0.3 is 0 Å². The third kappa shape index (κ3) is 3.39. The number of nitrogens with one attached hydrogen (secondary N) is 1. The van der Waals surface area contributed by atoms with Crippen molar-refractivity contribution in [3.05, 3.63) is 54.4 Å². The Balaban J connectivity index is 1.48. The fourth-order valence-electron chi connectivity index (χ4n) is 3.24. The smallest absolute Gasteiger partial charge is 0.279 e. The number of likely N-dealkylation sites (tertiary alicyclic amines) is 1. The molecule has 1 fully saturated rings. The molecule has 1 aliphatic rings. The van der Waals surface area contributed by atoms with Crippen LogP contribution in [-0.4, -0.2) is 45.9 Å². The van der Waals surface area contributed by atoms with E-state index in [2.05, 4.69) is 27.5 Å². The van der Waals surface area contributed by atoms with E-state index in [0.717, 1.165) is 31.5 Å². The van der Waals surface area contributed by atoms with E-state index < -0.39 is 0 Å². The van der Waals surface area contributed by atoms with E-state index in [-0.39, 0.29) is 11.6 Å². The summed E-state index contributed by atoms with van der Waals surface area (Å²) >= 11 is 0. The Morgan fingerprint density at radius 3 is 2.73 bits per heavy atom. The lowest BCUT2D eigenvalue weighted by Gasteiger charge is -2.29. The molecule has 0 unspecified atom stereocenters. The van der Waals surface area contributed by atoms with Gasteiger partial charge in [-0.05, 0) is 33.0 Å². The van der Waals surface area contributed by atoms with E-state index in [1.807, 2.05) is 41.1 Å². The van der Waals surface area contributed by atoms with Crippen LogP contribution < -0.4 is 5.32 Å². The summed E-state index contributed by atoms with van der Waals surface area (Å²) in [5.41, 5.74) is 1.13. The molecule has 7 heteroatoms. The second-order valence-electron chi connectivity index (χ2n) is 6.59. The van der Waals surface area contributed by atoms with Gasteiger partial charge in [-0.3, -0.25) is 4.79 Å². The quantitative estimate of drug-likeness (QED) is 0.782. The number of hydrogen-bond acceptors (Lipinski definition) is 5. The summed E-state index contributed by atoms with van der Waals surface area (Å²) in [7, 11) is 2.12. The third-order valence-electron chi connectivity index (χ3n) is 4.75. The number of amides is 1. The Hall–Kier alpha value is -2.93. The Morgan fingerprint density at radius 2 is 1.96 bits per heavy atom. The highest BCUT2D eigenvalue weighted by Gasteiger charge is 2.22. The molecule has 3 heterocycles. The van der Waals surface area contributed by atoms with Crippen LogP contribution in [0.4, 0.5) is 5.82 Å². The van der Waals surface area contributed by atoms with Gasteiger partial charge in [-0.2, -0.15) is 5.10 Å². The van der Waals surface area contributed by atoms with E-state index in [4.69, 9.17) is 4.52 Å². The lowest BCUT2D eigenvalue weighted by Crippen LogP contribution is -2.32. The van der Waals surface area contributed by atoms with Crippen molar-refractivity contribution in [2.24, 2.45) is 0 Å². The van der Waals surface area contributed by atoms with Crippen molar-refractivity contribution in [3.8, 4) is 11.3 Å². The lowest BCUT2D eigenvalue weighted by atomic mass is 10.1. The SMILES string of the molecule is CN1CCC(n2nccc2NC(=O)c2cc(-c3ccccc3)on2)CC1. The van der Waals surface area contributed by atoms with Gasteiger partial charge in [0.05, 0.1) is 12.2 Å². The Morgan fingerprint density at radius 1 is 1.19 bits per heavy atom. The largest absolute Gasteiger partial charge is 0.355 e. The van der Waals surface area contributed by atoms with Gasteiger partial charge in [0.1, 0.15) is 5.82 Å². The minimum atomic E-state index is -0.300. The molecule has 0 spiro atoms. The second kappa shape index (κ2) is 7.13. The second-order valence-corrected chi connectivity index (χ2v) is 6.59. The average Bonchev–Trinajstić information content (AvgIpc) is 3.33. The van der Waals surface area contributed by atoms with Gasteiger partial charge in [0.2, 0.25) is 0 Å². The van der Waals surface area contributed by atoms with Crippen LogP contribution in [0.25, 0.3) is 11.3 Å². The summed E-state index contributed by atoms with van der Waals surface area (Å²) in [4.78, 5) is 14.9. The topological polar surface area (TPSA) is 76.2 Å². The van der Waals surface area contributed by atoms with Crippen LogP contribution in [0.15, 0.2) is 53.2 Å². The lowest BCUT2D eigenvalue weighted by molar-refractivity contribution is 0.101. The van der Waals surface area contributed by atoms with Crippen LogP contribution in [0.2, 0.25) is 0 Å². The monoisotopic (exact) mass is 351 g/mol. The molecule has 1 saturated heterocycles. The highest BCUT2D eigenvalue weighted by atomic mass is 16.5. The summed E-state index contributed by atoms with van der Waals surface area (Å²) < 4.78 is 7.22. The number of carbonyl (C=O) groups excluding carboxylic acids is 1. The molecule has 4 rings (SSSR count). The molecule has 1 amide bonds. The average molecular weight is 351 g/mol. The number of carbonyl (C=O) groups is 1. The molecule has 0 saturated carbocycles. The molecule has 0 atom stereocenters. The molecule has 1 aliphatic heterocycles. The first-order valence-electron chi connectivity index (χ1n) is 8.76. The molecule has 3 aromatic rings. The first-order chi connectivity index (χ1) is 12.7. The number of rotatable bonds is 4. The zero-order valence-electron chi connectivity index (χ0n) is 14.6. The van der Waals surface area contributed by atoms with Gasteiger partial charge in [-0.1, -0.05) is 35.5 Å². The molecule has 0 aliphatic carbocycles. The van der Waals surface area contributed by atoms with E-state index >= 15 is 0 Å².